The summed E-state index contributed by atoms with van der Waals surface area (Å²) in [5, 5.41) is 2.26. The summed E-state index contributed by atoms with van der Waals surface area (Å²) in [5.74, 6) is -1.54. The van der Waals surface area contributed by atoms with Gasteiger partial charge in [0.05, 0.1) is 21.8 Å². The molecule has 1 N–H and O–H groups in total. The number of aryl methyl sites for hydroxylation is 1. The number of aromatic nitrogens is 4. The molecule has 0 spiro atoms. The Morgan fingerprint density at radius 2 is 1.76 bits per heavy atom. The minimum absolute atomic E-state index is 0.0840. The molecule has 248 valence electrons. The molecule has 46 heavy (non-hydrogen) atoms. The number of pyridine rings is 1. The topological polar surface area (TPSA) is 131 Å². The number of thiazole rings is 1. The summed E-state index contributed by atoms with van der Waals surface area (Å²) >= 11 is 6.62. The van der Waals surface area contributed by atoms with Crippen LogP contribution in [0.4, 0.5) is 23.8 Å². The second kappa shape index (κ2) is 14.8. The van der Waals surface area contributed by atoms with Gasteiger partial charge in [-0.2, -0.15) is 13.2 Å². The van der Waals surface area contributed by atoms with Crippen molar-refractivity contribution < 1.29 is 32.3 Å². The van der Waals surface area contributed by atoms with Gasteiger partial charge < -0.3 is 15.0 Å². The molecule has 0 aliphatic carbocycles. The molecule has 2 amide bonds. The van der Waals surface area contributed by atoms with E-state index >= 15 is 0 Å². The van der Waals surface area contributed by atoms with Crippen molar-refractivity contribution in [3.05, 3.63) is 62.7 Å². The molecule has 1 saturated heterocycles. The van der Waals surface area contributed by atoms with Crippen molar-refractivity contribution in [1.82, 2.24) is 29.7 Å². The lowest BCUT2D eigenvalue weighted by Gasteiger charge is -2.35. The number of rotatable bonds is 10. The zero-order chi connectivity index (χ0) is 33.6. The quantitative estimate of drug-likeness (QED) is 0.252. The molecule has 1 unspecified atom stereocenters. The smallest absolute Gasteiger partial charge is 0.418 e. The van der Waals surface area contributed by atoms with Gasteiger partial charge in [0.2, 0.25) is 0 Å². The molecular weight excluding hydrogens is 647 g/mol. The summed E-state index contributed by atoms with van der Waals surface area (Å²) in [6.07, 6.45) is 0.0552. The molecule has 16 heteroatoms. The number of carbonyl (C=O) groups excluding carboxylic acids is 3. The van der Waals surface area contributed by atoms with Gasteiger partial charge >= 0.3 is 12.3 Å². The van der Waals surface area contributed by atoms with E-state index < -0.39 is 28.3 Å². The number of ether oxygens (including phenoxy) is 1. The Bertz CT molecular complexity index is 1560. The first-order valence-corrected chi connectivity index (χ1v) is 15.8. The maximum absolute atomic E-state index is 13.1. The number of Topliss-reactive ketones (excluding diaryl/α,β-unsaturated/α-hetero) is 1. The van der Waals surface area contributed by atoms with Crippen molar-refractivity contribution in [2.45, 2.75) is 64.7 Å². The lowest BCUT2D eigenvalue weighted by atomic mass is 10.0. The molecule has 1 aliphatic rings. The van der Waals surface area contributed by atoms with E-state index in [2.05, 4.69) is 30.2 Å². The second-order valence-electron chi connectivity index (χ2n) is 11.9. The number of alkyl halides is 3. The SMILES string of the molecule is CC(CC(=O)c1cc(CCCN2CCN(C(=O)OC(C)(C)C)CC2)ncn1)c1ncc(C(=O)Nc2cc(C(F)(F)F)c(Cl)cn2)s1. The van der Waals surface area contributed by atoms with Crippen LogP contribution in [0.1, 0.15) is 82.9 Å². The van der Waals surface area contributed by atoms with E-state index in [0.717, 1.165) is 49.3 Å². The normalized spacial score (nSPS) is 15.0. The number of nitrogens with zero attached hydrogens (tertiary/aromatic N) is 6. The number of ketones is 1. The Balaban J connectivity index is 1.25. The van der Waals surface area contributed by atoms with Gasteiger partial charge in [-0.1, -0.05) is 18.5 Å². The molecule has 11 nitrogen and oxygen atoms in total. The summed E-state index contributed by atoms with van der Waals surface area (Å²) in [7, 11) is 0. The van der Waals surface area contributed by atoms with Gasteiger partial charge in [-0.05, 0) is 52.3 Å². The summed E-state index contributed by atoms with van der Waals surface area (Å²) in [6, 6.07) is 2.35. The molecule has 3 aromatic rings. The molecule has 0 saturated carbocycles. The van der Waals surface area contributed by atoms with Crippen molar-refractivity contribution in [3.63, 3.8) is 0 Å². The highest BCUT2D eigenvalue weighted by molar-refractivity contribution is 7.13. The monoisotopic (exact) mass is 681 g/mol. The first-order valence-electron chi connectivity index (χ1n) is 14.6. The maximum atomic E-state index is 13.1. The lowest BCUT2D eigenvalue weighted by molar-refractivity contribution is -0.137. The molecule has 0 radical (unpaired) electrons. The van der Waals surface area contributed by atoms with E-state index in [9.17, 15) is 27.6 Å². The van der Waals surface area contributed by atoms with E-state index in [-0.39, 0.29) is 40.6 Å². The van der Waals surface area contributed by atoms with E-state index in [1.54, 1.807) is 17.9 Å². The van der Waals surface area contributed by atoms with Gasteiger partial charge in [0.15, 0.2) is 5.78 Å². The van der Waals surface area contributed by atoms with E-state index in [1.807, 2.05) is 20.8 Å². The van der Waals surface area contributed by atoms with Crippen molar-refractivity contribution in [3.8, 4) is 0 Å². The van der Waals surface area contributed by atoms with Gasteiger partial charge in [0.25, 0.3) is 5.91 Å². The number of hydrogen-bond donors (Lipinski definition) is 1. The van der Waals surface area contributed by atoms with Crippen LogP contribution in [0, 0.1) is 0 Å². The van der Waals surface area contributed by atoms with Gasteiger partial charge in [-0.3, -0.25) is 14.5 Å². The van der Waals surface area contributed by atoms with Crippen LogP contribution in [0.15, 0.2) is 30.9 Å². The highest BCUT2D eigenvalue weighted by Crippen LogP contribution is 2.35. The van der Waals surface area contributed by atoms with Crippen LogP contribution in [-0.2, 0) is 17.3 Å². The van der Waals surface area contributed by atoms with E-state index in [4.69, 9.17) is 16.3 Å². The van der Waals surface area contributed by atoms with Crippen LogP contribution < -0.4 is 5.32 Å². The van der Waals surface area contributed by atoms with Gasteiger partial charge in [0, 0.05) is 50.4 Å². The third-order valence-corrected chi connectivity index (χ3v) is 8.53. The first kappa shape index (κ1) is 35.2. The molecule has 1 aliphatic heterocycles. The summed E-state index contributed by atoms with van der Waals surface area (Å²) in [6.45, 7) is 10.9. The van der Waals surface area contributed by atoms with Gasteiger partial charge in [0.1, 0.15) is 28.3 Å². The fourth-order valence-electron chi connectivity index (χ4n) is 4.64. The number of amides is 2. The highest BCUT2D eigenvalue weighted by atomic mass is 35.5. The fraction of sp³-hybridized carbons (Fsp3) is 0.500. The number of halogens is 4. The predicted molar refractivity (Wildman–Crippen MR) is 166 cm³/mol. The van der Waals surface area contributed by atoms with Gasteiger partial charge in [-0.15, -0.1) is 11.3 Å². The molecule has 1 fully saturated rings. The van der Waals surface area contributed by atoms with Crippen LogP contribution in [0.5, 0.6) is 0 Å². The van der Waals surface area contributed by atoms with Crippen LogP contribution in [0.25, 0.3) is 0 Å². The molecule has 0 aromatic carbocycles. The minimum atomic E-state index is -4.70. The highest BCUT2D eigenvalue weighted by Gasteiger charge is 2.34. The van der Waals surface area contributed by atoms with Crippen molar-refractivity contribution in [2.75, 3.05) is 38.0 Å². The predicted octanol–water partition coefficient (Wildman–Crippen LogP) is 6.11. The largest absolute Gasteiger partial charge is 0.444 e. The van der Waals surface area contributed by atoms with Crippen molar-refractivity contribution in [1.29, 1.82) is 0 Å². The Kier molecular flexibility index (Phi) is 11.3. The molecular formula is C30H35ClF3N7O4S. The Morgan fingerprint density at radius 1 is 1.04 bits per heavy atom. The molecule has 4 rings (SSSR count). The average Bonchev–Trinajstić information content (AvgIpc) is 3.48. The minimum Gasteiger partial charge on any atom is -0.444 e. The number of hydrogen-bond acceptors (Lipinski definition) is 10. The Hall–Kier alpha value is -3.69. The number of carbonyl (C=O) groups is 3. The van der Waals surface area contributed by atoms with E-state index in [0.29, 0.717) is 30.6 Å². The second-order valence-corrected chi connectivity index (χ2v) is 13.4. The Morgan fingerprint density at radius 3 is 2.43 bits per heavy atom. The van der Waals surface area contributed by atoms with Gasteiger partial charge in [-0.25, -0.2) is 24.7 Å². The molecule has 3 aromatic heterocycles. The number of piperazine rings is 1. The average molecular weight is 682 g/mol. The number of nitrogens with one attached hydrogen (secondary N) is 1. The number of anilines is 1. The summed E-state index contributed by atoms with van der Waals surface area (Å²) in [4.78, 5) is 58.6. The van der Waals surface area contributed by atoms with Crippen LogP contribution in [-0.4, -0.2) is 85.8 Å². The zero-order valence-electron chi connectivity index (χ0n) is 25.9. The van der Waals surface area contributed by atoms with Crippen LogP contribution in [0.2, 0.25) is 5.02 Å². The first-order chi connectivity index (χ1) is 21.6. The Labute approximate surface area is 273 Å². The maximum Gasteiger partial charge on any atom is 0.418 e. The van der Waals surface area contributed by atoms with Crippen molar-refractivity contribution in [2.24, 2.45) is 0 Å². The van der Waals surface area contributed by atoms with E-state index in [1.165, 1.54) is 12.5 Å². The summed E-state index contributed by atoms with van der Waals surface area (Å²) < 4.78 is 44.9. The fourth-order valence-corrected chi connectivity index (χ4v) is 5.72. The molecule has 4 heterocycles. The zero-order valence-corrected chi connectivity index (χ0v) is 27.4. The third-order valence-electron chi connectivity index (χ3n) is 7.00. The lowest BCUT2D eigenvalue weighted by Crippen LogP contribution is -2.50. The van der Waals surface area contributed by atoms with Crippen molar-refractivity contribution >= 4 is 46.5 Å². The molecule has 0 bridgehead atoms. The third kappa shape index (κ3) is 9.90. The summed E-state index contributed by atoms with van der Waals surface area (Å²) in [5.41, 5.74) is -0.607. The molecule has 1 atom stereocenters. The van der Waals surface area contributed by atoms with Crippen LogP contribution >= 0.6 is 22.9 Å². The standard InChI is InChI=1S/C30H35ClF3N7O4S/c1-18(27-36-16-24(46-27)26(43)39-25-14-20(30(32,33)34)21(31)15-35-25)12-23(42)22-13-19(37-17-38-22)6-5-7-40-8-10-41(11-9-40)28(44)45-29(2,3)4/h13-18H,5-12H2,1-4H3,(H,35,39,43). The van der Waals surface area contributed by atoms with Crippen LogP contribution in [0.3, 0.4) is 0 Å².